The predicted octanol–water partition coefficient (Wildman–Crippen LogP) is 4.12. The summed E-state index contributed by atoms with van der Waals surface area (Å²) in [6.45, 7) is 4.12. The van der Waals surface area contributed by atoms with Crippen molar-refractivity contribution in [3.63, 3.8) is 0 Å². The maximum Gasteiger partial charge on any atom is 0.257 e. The van der Waals surface area contributed by atoms with Crippen LogP contribution < -0.4 is 20.7 Å². The molecule has 0 atom stereocenters. The highest BCUT2D eigenvalue weighted by Crippen LogP contribution is 2.15. The molecule has 8 heteroatoms. The highest BCUT2D eigenvalue weighted by Gasteiger charge is 2.11. The number of amides is 2. The molecule has 0 aliphatic heterocycles. The Labute approximate surface area is 185 Å². The van der Waals surface area contributed by atoms with E-state index in [0.29, 0.717) is 28.3 Å². The maximum absolute atomic E-state index is 12.5. The Bertz CT molecular complexity index is 1060. The first-order chi connectivity index (χ1) is 14.9. The largest absolute Gasteiger partial charge is 0.491 e. The fraction of sp³-hybridized carbons (Fsp3) is 0.174. The Kier molecular flexibility index (Phi) is 7.40. The number of anilines is 1. The molecule has 1 heterocycles. The second-order valence-electron chi connectivity index (χ2n) is 6.95. The Morgan fingerprint density at radius 2 is 1.74 bits per heavy atom. The summed E-state index contributed by atoms with van der Waals surface area (Å²) in [4.78, 5) is 24.8. The second-order valence-corrected chi connectivity index (χ2v) is 7.35. The fourth-order valence-electron chi connectivity index (χ4n) is 2.74. The van der Waals surface area contributed by atoms with Gasteiger partial charge in [0.1, 0.15) is 11.5 Å². The first-order valence-electron chi connectivity index (χ1n) is 9.70. The molecule has 3 rings (SSSR count). The van der Waals surface area contributed by atoms with Gasteiger partial charge < -0.3 is 19.8 Å². The first kappa shape index (κ1) is 22.0. The van der Waals surface area contributed by atoms with Gasteiger partial charge in [-0.3, -0.25) is 14.9 Å². The molecule has 2 aromatic carbocycles. The monoisotopic (exact) mass is 437 g/mol. The van der Waals surface area contributed by atoms with Crippen LogP contribution in [0.25, 0.3) is 0 Å². The third-order valence-corrected chi connectivity index (χ3v) is 4.29. The minimum absolute atomic E-state index is 0.00427. The van der Waals surface area contributed by atoms with Crippen molar-refractivity contribution in [1.29, 1.82) is 0 Å². The van der Waals surface area contributed by atoms with Crippen LogP contribution in [0, 0.1) is 0 Å². The standard InChI is InChI=1S/C23H23N3O4S/c1-15(2)30-19-9-4-7-17(13-19)22(28)26-23(31)25-18-8-3-6-16(12-18)21(27)24-14-20-10-5-11-29-20/h3-13,15H,14H2,1-2H3,(H,24,27)(H2,25,26,28,31). The van der Waals surface area contributed by atoms with Gasteiger partial charge >= 0.3 is 0 Å². The molecule has 3 aromatic rings. The average molecular weight is 438 g/mol. The van der Waals surface area contributed by atoms with Crippen molar-refractivity contribution in [2.75, 3.05) is 5.32 Å². The number of carbonyl (C=O) groups is 2. The van der Waals surface area contributed by atoms with Gasteiger partial charge in [0, 0.05) is 16.8 Å². The summed E-state index contributed by atoms with van der Waals surface area (Å²) in [5.41, 5.74) is 1.45. The van der Waals surface area contributed by atoms with Crippen LogP contribution in [0.5, 0.6) is 5.75 Å². The summed E-state index contributed by atoms with van der Waals surface area (Å²) < 4.78 is 10.8. The van der Waals surface area contributed by atoms with Crippen molar-refractivity contribution in [2.45, 2.75) is 26.5 Å². The number of thiocarbonyl (C=S) groups is 1. The lowest BCUT2D eigenvalue weighted by Crippen LogP contribution is -2.34. The van der Waals surface area contributed by atoms with Gasteiger partial charge in [-0.1, -0.05) is 12.1 Å². The summed E-state index contributed by atoms with van der Waals surface area (Å²) >= 11 is 5.24. The van der Waals surface area contributed by atoms with E-state index >= 15 is 0 Å². The summed E-state index contributed by atoms with van der Waals surface area (Å²) in [5, 5.41) is 8.45. The predicted molar refractivity (Wildman–Crippen MR) is 122 cm³/mol. The Hall–Kier alpha value is -3.65. The van der Waals surface area contributed by atoms with Crippen molar-refractivity contribution >= 4 is 34.8 Å². The molecule has 0 fully saturated rings. The first-order valence-corrected chi connectivity index (χ1v) is 10.1. The van der Waals surface area contributed by atoms with Crippen LogP contribution in [0.3, 0.4) is 0 Å². The molecule has 0 aliphatic rings. The van der Waals surface area contributed by atoms with E-state index < -0.39 is 0 Å². The molecule has 1 aromatic heterocycles. The summed E-state index contributed by atoms with van der Waals surface area (Å²) in [6, 6.07) is 17.2. The molecule has 7 nitrogen and oxygen atoms in total. The van der Waals surface area contributed by atoms with E-state index in [9.17, 15) is 9.59 Å². The van der Waals surface area contributed by atoms with Crippen LogP contribution in [0.15, 0.2) is 71.3 Å². The van der Waals surface area contributed by atoms with E-state index in [1.54, 1.807) is 66.9 Å². The van der Waals surface area contributed by atoms with Crippen LogP contribution in [0.2, 0.25) is 0 Å². The number of hydrogen-bond donors (Lipinski definition) is 3. The van der Waals surface area contributed by atoms with E-state index in [0.717, 1.165) is 0 Å². The van der Waals surface area contributed by atoms with Crippen LogP contribution in [0.1, 0.15) is 40.3 Å². The van der Waals surface area contributed by atoms with Gasteiger partial charge in [-0.05, 0) is 74.6 Å². The zero-order valence-corrected chi connectivity index (χ0v) is 18.0. The van der Waals surface area contributed by atoms with Crippen molar-refractivity contribution < 1.29 is 18.7 Å². The van der Waals surface area contributed by atoms with Gasteiger partial charge in [0.25, 0.3) is 11.8 Å². The Morgan fingerprint density at radius 1 is 1.00 bits per heavy atom. The molecule has 0 radical (unpaired) electrons. The topological polar surface area (TPSA) is 92.6 Å². The highest BCUT2D eigenvalue weighted by molar-refractivity contribution is 7.80. The third kappa shape index (κ3) is 6.68. The number of nitrogens with one attached hydrogen (secondary N) is 3. The normalized spacial score (nSPS) is 10.4. The number of furan rings is 1. The van der Waals surface area contributed by atoms with E-state index in [1.165, 1.54) is 0 Å². The smallest absolute Gasteiger partial charge is 0.257 e. The summed E-state index contributed by atoms with van der Waals surface area (Å²) in [7, 11) is 0. The summed E-state index contributed by atoms with van der Waals surface area (Å²) in [6.07, 6.45) is 1.55. The van der Waals surface area contributed by atoms with E-state index in [-0.39, 0.29) is 29.6 Å². The van der Waals surface area contributed by atoms with Gasteiger partial charge in [-0.2, -0.15) is 0 Å². The average Bonchev–Trinajstić information content (AvgIpc) is 3.25. The molecular weight excluding hydrogens is 414 g/mol. The van der Waals surface area contributed by atoms with E-state index in [1.807, 2.05) is 13.8 Å². The molecule has 0 spiro atoms. The highest BCUT2D eigenvalue weighted by atomic mass is 32.1. The van der Waals surface area contributed by atoms with Gasteiger partial charge in [-0.15, -0.1) is 0 Å². The van der Waals surface area contributed by atoms with Crippen molar-refractivity contribution in [1.82, 2.24) is 10.6 Å². The van der Waals surface area contributed by atoms with E-state index in [4.69, 9.17) is 21.4 Å². The summed E-state index contributed by atoms with van der Waals surface area (Å²) in [5.74, 6) is 0.653. The van der Waals surface area contributed by atoms with Crippen molar-refractivity contribution in [3.05, 3.63) is 83.8 Å². The van der Waals surface area contributed by atoms with Gasteiger partial charge in [0.05, 0.1) is 18.9 Å². The van der Waals surface area contributed by atoms with Gasteiger partial charge in [0.15, 0.2) is 5.11 Å². The molecule has 0 bridgehead atoms. The third-order valence-electron chi connectivity index (χ3n) is 4.08. The van der Waals surface area contributed by atoms with Crippen molar-refractivity contribution in [3.8, 4) is 5.75 Å². The number of ether oxygens (including phenoxy) is 1. The zero-order chi connectivity index (χ0) is 22.2. The van der Waals surface area contributed by atoms with Crippen molar-refractivity contribution in [2.24, 2.45) is 0 Å². The minimum atomic E-state index is -0.362. The second kappa shape index (κ2) is 10.4. The SMILES string of the molecule is CC(C)Oc1cccc(C(=O)NC(=S)Nc2cccc(C(=O)NCc3ccco3)c2)c1. The lowest BCUT2D eigenvalue weighted by Gasteiger charge is -2.12. The van der Waals surface area contributed by atoms with Gasteiger partial charge in [0.2, 0.25) is 0 Å². The molecule has 3 N–H and O–H groups in total. The number of benzene rings is 2. The molecule has 0 saturated carbocycles. The zero-order valence-electron chi connectivity index (χ0n) is 17.2. The lowest BCUT2D eigenvalue weighted by atomic mass is 10.2. The maximum atomic E-state index is 12.5. The Morgan fingerprint density at radius 3 is 2.45 bits per heavy atom. The molecule has 31 heavy (non-hydrogen) atoms. The number of rotatable bonds is 7. The van der Waals surface area contributed by atoms with E-state index in [2.05, 4.69) is 16.0 Å². The number of carbonyl (C=O) groups excluding carboxylic acids is 2. The van der Waals surface area contributed by atoms with Gasteiger partial charge in [-0.25, -0.2) is 0 Å². The van der Waals surface area contributed by atoms with Crippen LogP contribution in [-0.4, -0.2) is 23.0 Å². The van der Waals surface area contributed by atoms with Crippen LogP contribution in [-0.2, 0) is 6.54 Å². The minimum Gasteiger partial charge on any atom is -0.491 e. The molecule has 2 amide bonds. The lowest BCUT2D eigenvalue weighted by molar-refractivity contribution is 0.0946. The molecule has 160 valence electrons. The molecule has 0 saturated heterocycles. The molecule has 0 unspecified atom stereocenters. The fourth-order valence-corrected chi connectivity index (χ4v) is 2.95. The quantitative estimate of drug-likeness (QED) is 0.482. The number of hydrogen-bond acceptors (Lipinski definition) is 5. The van der Waals surface area contributed by atoms with Crippen LogP contribution in [0.4, 0.5) is 5.69 Å². The Balaban J connectivity index is 1.57. The molecular formula is C23H23N3O4S. The van der Waals surface area contributed by atoms with Crippen LogP contribution >= 0.6 is 12.2 Å². The molecule has 0 aliphatic carbocycles.